The highest BCUT2D eigenvalue weighted by atomic mass is 32.2. The van der Waals surface area contributed by atoms with Gasteiger partial charge < -0.3 is 10.5 Å². The Morgan fingerprint density at radius 2 is 1.74 bits per heavy atom. The van der Waals surface area contributed by atoms with Crippen LogP contribution in [0.3, 0.4) is 0 Å². The van der Waals surface area contributed by atoms with Crippen molar-refractivity contribution in [2.24, 2.45) is 5.73 Å². The van der Waals surface area contributed by atoms with E-state index in [1.54, 1.807) is 17.4 Å². The summed E-state index contributed by atoms with van der Waals surface area (Å²) in [6.45, 7) is 1.25. The molecule has 0 unspecified atom stereocenters. The topological polar surface area (TPSA) is 136 Å². The van der Waals surface area contributed by atoms with Crippen LogP contribution in [-0.4, -0.2) is 58.8 Å². The number of benzene rings is 1. The van der Waals surface area contributed by atoms with E-state index in [1.165, 1.54) is 30.8 Å². The fourth-order valence-electron chi connectivity index (χ4n) is 2.60. The number of carbonyl (C=O) groups is 5. The molecule has 1 aromatic carbocycles. The maximum absolute atomic E-state index is 12.6. The fourth-order valence-corrected chi connectivity index (χ4v) is 3.06. The number of hydrogen-bond donors (Lipinski definition) is 2. The van der Waals surface area contributed by atoms with Crippen molar-refractivity contribution in [3.8, 4) is 0 Å². The van der Waals surface area contributed by atoms with E-state index >= 15 is 0 Å². The molecular formula is C17H19N3O6S. The number of fused-ring (bicyclic) bond motifs is 1. The Morgan fingerprint density at radius 1 is 1.19 bits per heavy atom. The number of urea groups is 1. The zero-order valence-corrected chi connectivity index (χ0v) is 15.6. The van der Waals surface area contributed by atoms with Gasteiger partial charge in [-0.1, -0.05) is 12.1 Å². The molecule has 0 aliphatic carbocycles. The Kier molecular flexibility index (Phi) is 6.56. The quantitative estimate of drug-likeness (QED) is 0.509. The predicted octanol–water partition coefficient (Wildman–Crippen LogP) is 0.531. The number of nitrogens with one attached hydrogen (secondary N) is 1. The molecule has 0 aromatic heterocycles. The normalized spacial score (nSPS) is 15.1. The second kappa shape index (κ2) is 8.67. The Hall–Kier alpha value is -2.88. The van der Waals surface area contributed by atoms with Crippen LogP contribution >= 0.6 is 11.8 Å². The molecular weight excluding hydrogens is 374 g/mol. The Bertz CT molecular complexity index is 762. The third-order valence-electron chi connectivity index (χ3n) is 3.91. The lowest BCUT2D eigenvalue weighted by Gasteiger charge is -2.25. The van der Waals surface area contributed by atoms with Gasteiger partial charge in [-0.15, -0.1) is 0 Å². The summed E-state index contributed by atoms with van der Waals surface area (Å²) in [5, 5.41) is 1.80. The van der Waals surface area contributed by atoms with Gasteiger partial charge in [0, 0.05) is 0 Å². The standard InChI is InChI=1S/C17H19N3O6S/c1-9(13(21)19-17(18)25)26-16(24)12(7-8-27-2)20-14(22)10-5-3-4-6-11(10)15(20)23/h3-6,9,12H,7-8H2,1-2H3,(H3,18,19,21,25)/t9-,12-/m1/s1. The number of nitrogens with zero attached hydrogens (tertiary/aromatic N) is 1. The molecule has 1 aliphatic heterocycles. The smallest absolute Gasteiger partial charge is 0.330 e. The van der Waals surface area contributed by atoms with Gasteiger partial charge in [0.25, 0.3) is 17.7 Å². The first-order chi connectivity index (χ1) is 12.8. The highest BCUT2D eigenvalue weighted by molar-refractivity contribution is 7.98. The minimum atomic E-state index is -1.32. The van der Waals surface area contributed by atoms with Gasteiger partial charge in [0.2, 0.25) is 0 Å². The van der Waals surface area contributed by atoms with Gasteiger partial charge >= 0.3 is 12.0 Å². The Balaban J connectivity index is 2.21. The van der Waals surface area contributed by atoms with Crippen LogP contribution in [0.25, 0.3) is 0 Å². The molecule has 1 aromatic rings. The maximum Gasteiger partial charge on any atom is 0.330 e. The maximum atomic E-state index is 12.6. The van der Waals surface area contributed by atoms with Crippen molar-refractivity contribution in [2.75, 3.05) is 12.0 Å². The average Bonchev–Trinajstić information content (AvgIpc) is 2.87. The molecule has 0 saturated carbocycles. The van der Waals surface area contributed by atoms with Gasteiger partial charge in [-0.2, -0.15) is 11.8 Å². The SMILES string of the molecule is CSCC[C@H](C(=O)O[C@H](C)C(=O)NC(N)=O)N1C(=O)c2ccccc2C1=O. The van der Waals surface area contributed by atoms with Crippen LogP contribution in [-0.2, 0) is 14.3 Å². The second-order valence-corrected chi connectivity index (χ2v) is 6.74. The summed E-state index contributed by atoms with van der Waals surface area (Å²) >= 11 is 1.43. The molecule has 0 radical (unpaired) electrons. The summed E-state index contributed by atoms with van der Waals surface area (Å²) in [6.07, 6.45) is 0.653. The van der Waals surface area contributed by atoms with E-state index < -0.39 is 41.9 Å². The summed E-state index contributed by atoms with van der Waals surface area (Å²) in [6, 6.07) is 4.00. The van der Waals surface area contributed by atoms with Gasteiger partial charge in [0.15, 0.2) is 6.10 Å². The summed E-state index contributed by atoms with van der Waals surface area (Å²) < 4.78 is 5.07. The van der Waals surface area contributed by atoms with Crippen LogP contribution in [0.4, 0.5) is 4.79 Å². The number of rotatable bonds is 7. The highest BCUT2D eigenvalue weighted by Gasteiger charge is 2.43. The average molecular weight is 393 g/mol. The number of imide groups is 2. The van der Waals surface area contributed by atoms with Crippen LogP contribution in [0.5, 0.6) is 0 Å². The molecule has 10 heteroatoms. The van der Waals surface area contributed by atoms with Crippen molar-refractivity contribution in [1.82, 2.24) is 10.2 Å². The van der Waals surface area contributed by atoms with Crippen LogP contribution in [0.2, 0.25) is 0 Å². The molecule has 1 heterocycles. The van der Waals surface area contributed by atoms with E-state index in [4.69, 9.17) is 10.5 Å². The first-order valence-corrected chi connectivity index (χ1v) is 9.44. The molecule has 0 bridgehead atoms. The van der Waals surface area contributed by atoms with Crippen LogP contribution < -0.4 is 11.1 Å². The largest absolute Gasteiger partial charge is 0.451 e. The molecule has 0 spiro atoms. The van der Waals surface area contributed by atoms with Crippen molar-refractivity contribution in [1.29, 1.82) is 0 Å². The fraction of sp³-hybridized carbons (Fsp3) is 0.353. The molecule has 0 saturated heterocycles. The summed E-state index contributed by atoms with van der Waals surface area (Å²) in [5.74, 6) is -2.51. The predicted molar refractivity (Wildman–Crippen MR) is 97.0 cm³/mol. The molecule has 27 heavy (non-hydrogen) atoms. The molecule has 2 atom stereocenters. The van der Waals surface area contributed by atoms with E-state index in [-0.39, 0.29) is 17.5 Å². The van der Waals surface area contributed by atoms with Gasteiger partial charge in [-0.25, -0.2) is 9.59 Å². The van der Waals surface area contributed by atoms with Crippen LogP contribution in [0.1, 0.15) is 34.1 Å². The lowest BCUT2D eigenvalue weighted by atomic mass is 10.1. The van der Waals surface area contributed by atoms with E-state index in [1.807, 2.05) is 6.26 Å². The number of nitrogens with two attached hydrogens (primary N) is 1. The number of carbonyl (C=O) groups excluding carboxylic acids is 5. The van der Waals surface area contributed by atoms with Crippen molar-refractivity contribution in [3.05, 3.63) is 35.4 Å². The zero-order chi connectivity index (χ0) is 20.1. The lowest BCUT2D eigenvalue weighted by Crippen LogP contribution is -2.49. The molecule has 5 amide bonds. The minimum absolute atomic E-state index is 0.162. The first kappa shape index (κ1) is 20.4. The zero-order valence-electron chi connectivity index (χ0n) is 14.8. The van der Waals surface area contributed by atoms with Crippen molar-refractivity contribution >= 4 is 41.5 Å². The van der Waals surface area contributed by atoms with E-state index in [2.05, 4.69) is 0 Å². The highest BCUT2D eigenvalue weighted by Crippen LogP contribution is 2.26. The molecule has 0 fully saturated rings. The third kappa shape index (κ3) is 4.45. The molecule has 3 N–H and O–H groups in total. The van der Waals surface area contributed by atoms with E-state index in [0.717, 1.165) is 4.90 Å². The van der Waals surface area contributed by atoms with Gasteiger partial charge in [0.05, 0.1) is 11.1 Å². The van der Waals surface area contributed by atoms with Crippen molar-refractivity contribution in [3.63, 3.8) is 0 Å². The first-order valence-electron chi connectivity index (χ1n) is 8.04. The summed E-state index contributed by atoms with van der Waals surface area (Å²) in [5.41, 5.74) is 5.28. The Morgan fingerprint density at radius 3 is 2.22 bits per heavy atom. The second-order valence-electron chi connectivity index (χ2n) is 5.76. The molecule has 9 nitrogen and oxygen atoms in total. The monoisotopic (exact) mass is 393 g/mol. The summed E-state index contributed by atoms with van der Waals surface area (Å²) in [7, 11) is 0. The van der Waals surface area contributed by atoms with Crippen molar-refractivity contribution in [2.45, 2.75) is 25.5 Å². The van der Waals surface area contributed by atoms with Gasteiger partial charge in [0.1, 0.15) is 6.04 Å². The van der Waals surface area contributed by atoms with Crippen molar-refractivity contribution < 1.29 is 28.7 Å². The minimum Gasteiger partial charge on any atom is -0.451 e. The van der Waals surface area contributed by atoms with Gasteiger partial charge in [-0.05, 0) is 37.5 Å². The van der Waals surface area contributed by atoms with E-state index in [0.29, 0.717) is 5.75 Å². The number of hydrogen-bond acceptors (Lipinski definition) is 7. The number of thioether (sulfide) groups is 1. The van der Waals surface area contributed by atoms with Gasteiger partial charge in [-0.3, -0.25) is 24.6 Å². The van der Waals surface area contributed by atoms with E-state index in [9.17, 15) is 24.0 Å². The van der Waals surface area contributed by atoms with Crippen LogP contribution in [0, 0.1) is 0 Å². The third-order valence-corrected chi connectivity index (χ3v) is 4.56. The van der Waals surface area contributed by atoms with Crippen LogP contribution in [0.15, 0.2) is 24.3 Å². The number of primary amides is 1. The number of ether oxygens (including phenoxy) is 1. The lowest BCUT2D eigenvalue weighted by molar-refractivity contribution is -0.158. The number of esters is 1. The summed E-state index contributed by atoms with van der Waals surface area (Å²) in [4.78, 5) is 61.2. The number of amides is 5. The molecule has 144 valence electrons. The Labute approximate surface area is 159 Å². The molecule has 2 rings (SSSR count). The molecule has 1 aliphatic rings.